The van der Waals surface area contributed by atoms with Crippen LogP contribution in [0.2, 0.25) is 0 Å². The molecule has 0 aliphatic heterocycles. The van der Waals surface area contributed by atoms with Crippen LogP contribution in [-0.4, -0.2) is 50.6 Å². The highest BCUT2D eigenvalue weighted by Gasteiger charge is 2.23. The number of amides is 1. The lowest BCUT2D eigenvalue weighted by atomic mass is 9.94. The Labute approximate surface area is 161 Å². The largest absolute Gasteiger partial charge is 0.451 e. The molecular weight excluding hydrogens is 342 g/mol. The number of nitrogens with zero attached hydrogens (tertiary/aromatic N) is 3. The molecular formula is C21H27N3O3. The first kappa shape index (κ1) is 20.5. The average molecular weight is 369 g/mol. The van der Waals surface area contributed by atoms with Gasteiger partial charge in [-0.3, -0.25) is 4.79 Å². The summed E-state index contributed by atoms with van der Waals surface area (Å²) in [5, 5.41) is 9.26. The molecule has 6 heteroatoms. The smallest absolute Gasteiger partial charge is 0.349 e. The number of esters is 1. The molecule has 0 atom stereocenters. The number of carbonyl (C=O) groups excluding carboxylic acids is 2. The summed E-state index contributed by atoms with van der Waals surface area (Å²) in [6.45, 7) is -0.343. The van der Waals surface area contributed by atoms with Gasteiger partial charge in [-0.05, 0) is 36.6 Å². The molecule has 1 aliphatic rings. The van der Waals surface area contributed by atoms with Crippen LogP contribution < -0.4 is 4.90 Å². The van der Waals surface area contributed by atoms with Crippen molar-refractivity contribution in [1.29, 1.82) is 5.26 Å². The van der Waals surface area contributed by atoms with Gasteiger partial charge in [0.2, 0.25) is 0 Å². The molecule has 0 radical (unpaired) electrons. The zero-order valence-electron chi connectivity index (χ0n) is 16.3. The lowest BCUT2D eigenvalue weighted by molar-refractivity contribution is -0.149. The van der Waals surface area contributed by atoms with Gasteiger partial charge in [0.05, 0.1) is 0 Å². The summed E-state index contributed by atoms with van der Waals surface area (Å²) in [5.41, 5.74) is 1.62. The van der Waals surface area contributed by atoms with Crippen molar-refractivity contribution >= 4 is 23.6 Å². The molecule has 0 unspecified atom stereocenters. The number of rotatable bonds is 6. The fourth-order valence-electron chi connectivity index (χ4n) is 3.15. The molecule has 2 rings (SSSR count). The van der Waals surface area contributed by atoms with E-state index in [0.29, 0.717) is 0 Å². The Morgan fingerprint density at radius 3 is 2.33 bits per heavy atom. The molecule has 1 aromatic rings. The van der Waals surface area contributed by atoms with Crippen LogP contribution in [-0.2, 0) is 14.3 Å². The predicted octanol–water partition coefficient (Wildman–Crippen LogP) is 2.99. The lowest BCUT2D eigenvalue weighted by Crippen LogP contribution is -2.40. The number of carbonyl (C=O) groups is 2. The van der Waals surface area contributed by atoms with Crippen molar-refractivity contribution in [3.63, 3.8) is 0 Å². The standard InChI is InChI=1S/C21H27N3O3/c1-23(2)18-11-9-16(10-12-18)13-17(14-22)21(26)27-15-20(25)24(3)19-7-5-4-6-8-19/h9-13,19H,4-8,15H2,1-3H3/b17-13+. The minimum Gasteiger partial charge on any atom is -0.451 e. The van der Waals surface area contributed by atoms with E-state index in [2.05, 4.69) is 0 Å². The SMILES string of the molecule is CN(C)c1ccc(/C=C(\C#N)C(=O)OCC(=O)N(C)C2CCCCC2)cc1. The van der Waals surface area contributed by atoms with Gasteiger partial charge < -0.3 is 14.5 Å². The van der Waals surface area contributed by atoms with Crippen molar-refractivity contribution in [2.45, 2.75) is 38.1 Å². The van der Waals surface area contributed by atoms with E-state index in [9.17, 15) is 14.9 Å². The average Bonchev–Trinajstić information content (AvgIpc) is 2.70. The molecule has 0 bridgehead atoms. The van der Waals surface area contributed by atoms with Crippen LogP contribution in [0, 0.1) is 11.3 Å². The third kappa shape index (κ3) is 5.85. The normalized spacial score (nSPS) is 15.0. The zero-order valence-corrected chi connectivity index (χ0v) is 16.3. The summed E-state index contributed by atoms with van der Waals surface area (Å²) < 4.78 is 5.07. The van der Waals surface area contributed by atoms with Crippen molar-refractivity contribution in [2.24, 2.45) is 0 Å². The van der Waals surface area contributed by atoms with Crippen LogP contribution in [0.15, 0.2) is 29.8 Å². The van der Waals surface area contributed by atoms with E-state index in [1.807, 2.05) is 49.3 Å². The molecule has 1 amide bonds. The maximum atomic E-state index is 12.3. The maximum absolute atomic E-state index is 12.3. The molecule has 1 fully saturated rings. The minimum absolute atomic E-state index is 0.124. The number of anilines is 1. The van der Waals surface area contributed by atoms with Crippen molar-refractivity contribution in [3.05, 3.63) is 35.4 Å². The van der Waals surface area contributed by atoms with E-state index in [1.165, 1.54) is 12.5 Å². The topological polar surface area (TPSA) is 73.6 Å². The molecule has 144 valence electrons. The number of likely N-dealkylation sites (N-methyl/N-ethyl adjacent to an activating group) is 1. The molecule has 27 heavy (non-hydrogen) atoms. The second kappa shape index (κ2) is 9.77. The maximum Gasteiger partial charge on any atom is 0.349 e. The van der Waals surface area contributed by atoms with E-state index in [0.717, 1.165) is 36.9 Å². The van der Waals surface area contributed by atoms with E-state index in [4.69, 9.17) is 4.74 Å². The number of benzene rings is 1. The van der Waals surface area contributed by atoms with E-state index < -0.39 is 5.97 Å². The summed E-state index contributed by atoms with van der Waals surface area (Å²) in [4.78, 5) is 28.1. The Hall–Kier alpha value is -2.81. The minimum atomic E-state index is -0.778. The molecule has 6 nitrogen and oxygen atoms in total. The van der Waals surface area contributed by atoms with Crippen LogP contribution >= 0.6 is 0 Å². The van der Waals surface area contributed by atoms with Crippen molar-refractivity contribution in [2.75, 3.05) is 32.6 Å². The lowest BCUT2D eigenvalue weighted by Gasteiger charge is -2.31. The van der Waals surface area contributed by atoms with Gasteiger partial charge in [-0.2, -0.15) is 5.26 Å². The van der Waals surface area contributed by atoms with Gasteiger partial charge in [-0.25, -0.2) is 4.79 Å². The second-order valence-electron chi connectivity index (χ2n) is 7.03. The Balaban J connectivity index is 1.94. The first-order valence-electron chi connectivity index (χ1n) is 9.24. The summed E-state index contributed by atoms with van der Waals surface area (Å²) in [6, 6.07) is 9.51. The number of nitriles is 1. The molecule has 0 spiro atoms. The fraction of sp³-hybridized carbons (Fsp3) is 0.476. The first-order valence-corrected chi connectivity index (χ1v) is 9.24. The predicted molar refractivity (Wildman–Crippen MR) is 105 cm³/mol. The molecule has 0 saturated heterocycles. The van der Waals surface area contributed by atoms with E-state index in [1.54, 1.807) is 11.9 Å². The summed E-state index contributed by atoms with van der Waals surface area (Å²) in [7, 11) is 5.62. The fourth-order valence-corrected chi connectivity index (χ4v) is 3.15. The highest BCUT2D eigenvalue weighted by atomic mass is 16.5. The second-order valence-corrected chi connectivity index (χ2v) is 7.03. The molecule has 1 aromatic carbocycles. The van der Waals surface area contributed by atoms with E-state index >= 15 is 0 Å². The highest BCUT2D eigenvalue weighted by molar-refractivity contribution is 5.98. The van der Waals surface area contributed by atoms with Gasteiger partial charge in [0, 0.05) is 32.9 Å². The summed E-state index contributed by atoms with van der Waals surface area (Å²) in [5.74, 6) is -1.01. The third-order valence-electron chi connectivity index (χ3n) is 4.90. The highest BCUT2D eigenvalue weighted by Crippen LogP contribution is 2.21. The third-order valence-corrected chi connectivity index (χ3v) is 4.90. The van der Waals surface area contributed by atoms with Crippen LogP contribution in [0.1, 0.15) is 37.7 Å². The number of hydrogen-bond acceptors (Lipinski definition) is 5. The monoisotopic (exact) mass is 369 g/mol. The molecule has 0 N–H and O–H groups in total. The Morgan fingerprint density at radius 2 is 1.78 bits per heavy atom. The van der Waals surface area contributed by atoms with Gasteiger partial charge >= 0.3 is 5.97 Å². The van der Waals surface area contributed by atoms with Crippen LogP contribution in [0.25, 0.3) is 6.08 Å². The van der Waals surface area contributed by atoms with Crippen molar-refractivity contribution < 1.29 is 14.3 Å². The van der Waals surface area contributed by atoms with Crippen LogP contribution in [0.3, 0.4) is 0 Å². The van der Waals surface area contributed by atoms with Gasteiger partial charge in [0.25, 0.3) is 5.91 Å². The zero-order chi connectivity index (χ0) is 19.8. The molecule has 0 aromatic heterocycles. The van der Waals surface area contributed by atoms with Crippen molar-refractivity contribution in [3.8, 4) is 6.07 Å². The van der Waals surface area contributed by atoms with Gasteiger partial charge in [-0.15, -0.1) is 0 Å². The molecule has 0 heterocycles. The Kier molecular flexibility index (Phi) is 7.42. The first-order chi connectivity index (χ1) is 12.9. The number of hydrogen-bond donors (Lipinski definition) is 0. The molecule has 1 saturated carbocycles. The van der Waals surface area contributed by atoms with Gasteiger partial charge in [-0.1, -0.05) is 31.4 Å². The van der Waals surface area contributed by atoms with Crippen LogP contribution in [0.5, 0.6) is 0 Å². The molecule has 1 aliphatic carbocycles. The Bertz CT molecular complexity index is 726. The van der Waals surface area contributed by atoms with Crippen LogP contribution in [0.4, 0.5) is 5.69 Å². The quantitative estimate of drug-likeness (QED) is 0.438. The number of ether oxygens (including phenoxy) is 1. The van der Waals surface area contributed by atoms with Crippen molar-refractivity contribution in [1.82, 2.24) is 4.90 Å². The van der Waals surface area contributed by atoms with Gasteiger partial charge in [0.15, 0.2) is 6.61 Å². The Morgan fingerprint density at radius 1 is 1.15 bits per heavy atom. The summed E-state index contributed by atoms with van der Waals surface area (Å²) in [6.07, 6.45) is 6.90. The van der Waals surface area contributed by atoms with Gasteiger partial charge in [0.1, 0.15) is 11.6 Å². The van der Waals surface area contributed by atoms with E-state index in [-0.39, 0.29) is 24.1 Å². The summed E-state index contributed by atoms with van der Waals surface area (Å²) >= 11 is 0.